The smallest absolute Gasteiger partial charge is 0.231 e. The first-order chi connectivity index (χ1) is 7.12. The van der Waals surface area contributed by atoms with E-state index in [-0.39, 0.29) is 17.4 Å². The number of aromatic nitrogens is 3. The first kappa shape index (κ1) is 10.1. The van der Waals surface area contributed by atoms with Crippen molar-refractivity contribution in [3.05, 3.63) is 12.2 Å². The van der Waals surface area contributed by atoms with Crippen LogP contribution in [0.3, 0.4) is 0 Å². The van der Waals surface area contributed by atoms with Crippen molar-refractivity contribution in [2.24, 2.45) is 5.41 Å². The number of H-pyrrole nitrogens is 1. The third-order valence-electron chi connectivity index (χ3n) is 2.58. The molecule has 2 N–H and O–H groups in total. The second kappa shape index (κ2) is 3.62. The van der Waals surface area contributed by atoms with Crippen LogP contribution in [0.15, 0.2) is 6.33 Å². The lowest BCUT2D eigenvalue weighted by molar-refractivity contribution is -0.158. The second-order valence-corrected chi connectivity index (χ2v) is 4.12. The summed E-state index contributed by atoms with van der Waals surface area (Å²) in [6.07, 6.45) is 1.42. The minimum atomic E-state index is -0.381. The molecule has 0 spiro atoms. The predicted octanol–water partition coefficient (Wildman–Crippen LogP) is 0.0184. The molecule has 2 rings (SSSR count). The van der Waals surface area contributed by atoms with Crippen LogP contribution in [-0.4, -0.2) is 34.3 Å². The zero-order chi connectivity index (χ0) is 10.9. The molecule has 82 valence electrons. The zero-order valence-electron chi connectivity index (χ0n) is 8.78. The van der Waals surface area contributed by atoms with E-state index in [4.69, 9.17) is 4.74 Å². The Labute approximate surface area is 87.4 Å². The average Bonchev–Trinajstić information content (AvgIpc) is 2.66. The quantitative estimate of drug-likeness (QED) is 0.737. The summed E-state index contributed by atoms with van der Waals surface area (Å²) in [5.41, 5.74) is -0.381. The fourth-order valence-electron chi connectivity index (χ4n) is 1.40. The molecule has 15 heavy (non-hydrogen) atoms. The maximum Gasteiger partial charge on any atom is 0.231 e. The average molecular weight is 210 g/mol. The van der Waals surface area contributed by atoms with Crippen LogP contribution in [0.2, 0.25) is 0 Å². The Morgan fingerprint density at radius 2 is 2.47 bits per heavy atom. The van der Waals surface area contributed by atoms with Gasteiger partial charge in [0.15, 0.2) is 0 Å². The monoisotopic (exact) mass is 210 g/mol. The third kappa shape index (κ3) is 1.85. The summed E-state index contributed by atoms with van der Waals surface area (Å²) >= 11 is 0. The largest absolute Gasteiger partial charge is 0.379 e. The van der Waals surface area contributed by atoms with E-state index in [0.717, 1.165) is 0 Å². The molecule has 1 atom stereocenters. The maximum atomic E-state index is 11.8. The molecule has 1 aliphatic rings. The van der Waals surface area contributed by atoms with Crippen LogP contribution in [0.1, 0.15) is 25.7 Å². The number of rotatable bonds is 3. The highest BCUT2D eigenvalue weighted by atomic mass is 16.5. The van der Waals surface area contributed by atoms with E-state index in [1.165, 1.54) is 6.33 Å². The summed E-state index contributed by atoms with van der Waals surface area (Å²) in [4.78, 5) is 15.8. The molecule has 0 aromatic carbocycles. The van der Waals surface area contributed by atoms with Crippen LogP contribution in [-0.2, 0) is 9.53 Å². The number of hydrogen-bond acceptors (Lipinski definition) is 4. The highest BCUT2D eigenvalue weighted by Crippen LogP contribution is 2.27. The van der Waals surface area contributed by atoms with Crippen molar-refractivity contribution in [2.45, 2.75) is 19.9 Å². The molecule has 0 saturated carbocycles. The highest BCUT2D eigenvalue weighted by molar-refractivity contribution is 5.83. The van der Waals surface area contributed by atoms with Gasteiger partial charge in [-0.1, -0.05) is 0 Å². The van der Waals surface area contributed by atoms with E-state index in [9.17, 15) is 4.79 Å². The fourth-order valence-corrected chi connectivity index (χ4v) is 1.40. The van der Waals surface area contributed by atoms with Gasteiger partial charge in [0, 0.05) is 0 Å². The van der Waals surface area contributed by atoms with Gasteiger partial charge in [-0.2, -0.15) is 5.10 Å². The minimum absolute atomic E-state index is 0.00218. The molecule has 1 aromatic heterocycles. The van der Waals surface area contributed by atoms with E-state index < -0.39 is 0 Å². The number of carbonyl (C=O) groups is 1. The van der Waals surface area contributed by atoms with E-state index in [0.29, 0.717) is 19.0 Å². The molecule has 1 fully saturated rings. The van der Waals surface area contributed by atoms with Crippen molar-refractivity contribution in [3.8, 4) is 0 Å². The lowest BCUT2D eigenvalue weighted by Crippen LogP contribution is -2.52. The van der Waals surface area contributed by atoms with Gasteiger partial charge >= 0.3 is 0 Å². The number of nitrogens with zero attached hydrogens (tertiary/aromatic N) is 2. The van der Waals surface area contributed by atoms with Gasteiger partial charge in [-0.05, 0) is 13.8 Å². The molecule has 0 radical (unpaired) electrons. The number of amides is 1. The highest BCUT2D eigenvalue weighted by Gasteiger charge is 2.41. The number of ether oxygens (including phenoxy) is 1. The van der Waals surface area contributed by atoms with E-state index in [1.54, 1.807) is 0 Å². The summed E-state index contributed by atoms with van der Waals surface area (Å²) in [6, 6.07) is -0.155. The topological polar surface area (TPSA) is 79.9 Å². The molecular weight excluding hydrogens is 196 g/mol. The van der Waals surface area contributed by atoms with E-state index in [1.807, 2.05) is 13.8 Å². The van der Waals surface area contributed by atoms with Crippen LogP contribution in [0.25, 0.3) is 0 Å². The third-order valence-corrected chi connectivity index (χ3v) is 2.58. The molecule has 1 amide bonds. The number of nitrogens with one attached hydrogen (secondary N) is 2. The first-order valence-electron chi connectivity index (χ1n) is 4.86. The predicted molar refractivity (Wildman–Crippen MR) is 51.9 cm³/mol. The van der Waals surface area contributed by atoms with Crippen LogP contribution in [0.4, 0.5) is 0 Å². The minimum Gasteiger partial charge on any atom is -0.379 e. The van der Waals surface area contributed by atoms with Crippen molar-refractivity contribution < 1.29 is 9.53 Å². The van der Waals surface area contributed by atoms with Crippen LogP contribution in [0, 0.1) is 5.41 Å². The van der Waals surface area contributed by atoms with Gasteiger partial charge in [0.05, 0.1) is 24.7 Å². The Bertz CT molecular complexity index is 345. The Kier molecular flexibility index (Phi) is 2.44. The SMILES string of the molecule is CC(NC(=O)C1(C)COC1)c1ncn[nH]1. The van der Waals surface area contributed by atoms with Crippen LogP contribution in [0.5, 0.6) is 0 Å². The van der Waals surface area contributed by atoms with Crippen molar-refractivity contribution in [3.63, 3.8) is 0 Å². The summed E-state index contributed by atoms with van der Waals surface area (Å²) in [6.45, 7) is 4.73. The second-order valence-electron chi connectivity index (χ2n) is 4.12. The summed E-state index contributed by atoms with van der Waals surface area (Å²) in [5.74, 6) is 0.657. The van der Waals surface area contributed by atoms with Gasteiger partial charge in [-0.25, -0.2) is 4.98 Å². The Hall–Kier alpha value is -1.43. The molecule has 6 nitrogen and oxygen atoms in total. The summed E-state index contributed by atoms with van der Waals surface area (Å²) in [5, 5.41) is 9.33. The first-order valence-corrected chi connectivity index (χ1v) is 4.86. The Morgan fingerprint density at radius 1 is 1.73 bits per heavy atom. The molecule has 1 aromatic rings. The van der Waals surface area contributed by atoms with E-state index >= 15 is 0 Å². The lowest BCUT2D eigenvalue weighted by Gasteiger charge is -2.36. The van der Waals surface area contributed by atoms with E-state index in [2.05, 4.69) is 20.5 Å². The van der Waals surface area contributed by atoms with Crippen LogP contribution >= 0.6 is 0 Å². The normalized spacial score (nSPS) is 20.4. The van der Waals surface area contributed by atoms with Gasteiger partial charge in [0.2, 0.25) is 5.91 Å². The summed E-state index contributed by atoms with van der Waals surface area (Å²) < 4.78 is 5.03. The van der Waals surface area contributed by atoms with Crippen molar-refractivity contribution >= 4 is 5.91 Å². The van der Waals surface area contributed by atoms with Crippen molar-refractivity contribution in [1.29, 1.82) is 0 Å². The van der Waals surface area contributed by atoms with Gasteiger partial charge in [0.1, 0.15) is 12.2 Å². The molecule has 0 aliphatic carbocycles. The fraction of sp³-hybridized carbons (Fsp3) is 0.667. The lowest BCUT2D eigenvalue weighted by atomic mass is 9.87. The Morgan fingerprint density at radius 3 is 2.93 bits per heavy atom. The molecule has 1 aliphatic heterocycles. The van der Waals surface area contributed by atoms with Gasteiger partial charge in [0.25, 0.3) is 0 Å². The molecule has 6 heteroatoms. The molecule has 0 bridgehead atoms. The van der Waals surface area contributed by atoms with Gasteiger partial charge < -0.3 is 10.1 Å². The molecule has 2 heterocycles. The zero-order valence-corrected chi connectivity index (χ0v) is 8.78. The van der Waals surface area contributed by atoms with Crippen molar-refractivity contribution in [1.82, 2.24) is 20.5 Å². The van der Waals surface area contributed by atoms with Crippen LogP contribution < -0.4 is 5.32 Å². The number of aromatic amines is 1. The molecular formula is C9H14N4O2. The number of hydrogen-bond donors (Lipinski definition) is 2. The van der Waals surface area contributed by atoms with Gasteiger partial charge in [-0.15, -0.1) is 0 Å². The standard InChI is InChI=1S/C9H14N4O2/c1-6(7-10-5-11-13-7)12-8(14)9(2)3-15-4-9/h5-6H,3-4H2,1-2H3,(H,12,14)(H,10,11,13). The number of carbonyl (C=O) groups excluding carboxylic acids is 1. The maximum absolute atomic E-state index is 11.8. The molecule has 1 saturated heterocycles. The van der Waals surface area contributed by atoms with Gasteiger partial charge in [-0.3, -0.25) is 9.89 Å². The summed E-state index contributed by atoms with van der Waals surface area (Å²) in [7, 11) is 0. The Balaban J connectivity index is 1.94. The van der Waals surface area contributed by atoms with Crippen molar-refractivity contribution in [2.75, 3.05) is 13.2 Å². The molecule has 1 unspecified atom stereocenters.